The third-order valence-corrected chi connectivity index (χ3v) is 3.22. The molecule has 1 aromatic carbocycles. The van der Waals surface area contributed by atoms with Crippen molar-refractivity contribution in [3.05, 3.63) is 53.9 Å². The van der Waals surface area contributed by atoms with E-state index in [0.29, 0.717) is 29.4 Å². The molecule has 1 aromatic heterocycles. The van der Waals surface area contributed by atoms with Crippen LogP contribution >= 0.6 is 0 Å². The van der Waals surface area contributed by atoms with E-state index in [9.17, 15) is 4.79 Å². The van der Waals surface area contributed by atoms with Crippen LogP contribution in [0.25, 0.3) is 6.08 Å². The third-order valence-electron chi connectivity index (χ3n) is 3.22. The lowest BCUT2D eigenvalue weighted by Crippen LogP contribution is -2.21. The third kappa shape index (κ3) is 2.93. The number of nitrogens with one attached hydrogen (secondary N) is 1. The highest BCUT2D eigenvalue weighted by Gasteiger charge is 2.20. The number of para-hydroxylation sites is 1. The molecule has 0 unspecified atom stereocenters. The Bertz CT molecular complexity index is 711. The number of ether oxygens (including phenoxy) is 2. The van der Waals surface area contributed by atoms with Gasteiger partial charge in [-0.15, -0.1) is 0 Å². The van der Waals surface area contributed by atoms with Crippen molar-refractivity contribution in [3.63, 3.8) is 0 Å². The number of carbonyl (C=O) groups excluding carboxylic acids is 1. The maximum Gasteiger partial charge on any atom is 0.255 e. The number of pyridine rings is 1. The second-order valence-electron chi connectivity index (χ2n) is 4.76. The average Bonchev–Trinajstić information content (AvgIpc) is 2.56. The van der Waals surface area contributed by atoms with Crippen LogP contribution in [-0.2, 0) is 4.79 Å². The smallest absolute Gasteiger partial charge is 0.255 e. The fraction of sp³-hybridized carbons (Fsp3) is 0.176. The van der Waals surface area contributed by atoms with E-state index < -0.39 is 0 Å². The number of carbonyl (C=O) groups is 1. The number of benzene rings is 1. The molecule has 3 rings (SSSR count). The van der Waals surface area contributed by atoms with Gasteiger partial charge in [-0.2, -0.15) is 0 Å². The first-order valence-electron chi connectivity index (χ1n) is 7.08. The molecule has 0 bridgehead atoms. The topological polar surface area (TPSA) is 60.5 Å². The standard InChI is InChI=1S/C17H16N2O3/c1-2-21-15-7-3-5-12-9-13(11-22-16(12)15)17(20)19-14-6-4-8-18-10-14/h3-10H,2,11H2,1H3,(H,19,20). The van der Waals surface area contributed by atoms with Crippen molar-refractivity contribution in [2.24, 2.45) is 0 Å². The molecular weight excluding hydrogens is 280 g/mol. The van der Waals surface area contributed by atoms with Gasteiger partial charge in [0.05, 0.1) is 24.1 Å². The van der Waals surface area contributed by atoms with E-state index >= 15 is 0 Å². The van der Waals surface area contributed by atoms with Crippen molar-refractivity contribution in [2.45, 2.75) is 6.92 Å². The van der Waals surface area contributed by atoms with E-state index in [1.165, 1.54) is 0 Å². The Morgan fingerprint density at radius 2 is 2.27 bits per heavy atom. The summed E-state index contributed by atoms with van der Waals surface area (Å²) >= 11 is 0. The summed E-state index contributed by atoms with van der Waals surface area (Å²) in [5.41, 5.74) is 2.06. The van der Waals surface area contributed by atoms with Crippen LogP contribution in [0.2, 0.25) is 0 Å². The number of nitrogens with zero attached hydrogens (tertiary/aromatic N) is 1. The molecule has 5 nitrogen and oxygen atoms in total. The lowest BCUT2D eigenvalue weighted by molar-refractivity contribution is -0.113. The van der Waals surface area contributed by atoms with Gasteiger partial charge in [0, 0.05) is 11.8 Å². The minimum Gasteiger partial charge on any atom is -0.490 e. The number of hydrogen-bond acceptors (Lipinski definition) is 4. The zero-order valence-electron chi connectivity index (χ0n) is 12.2. The van der Waals surface area contributed by atoms with Crippen molar-refractivity contribution in [1.82, 2.24) is 4.98 Å². The van der Waals surface area contributed by atoms with Gasteiger partial charge in [-0.05, 0) is 31.2 Å². The first-order valence-corrected chi connectivity index (χ1v) is 7.08. The van der Waals surface area contributed by atoms with Gasteiger partial charge in [-0.3, -0.25) is 9.78 Å². The highest BCUT2D eigenvalue weighted by molar-refractivity contribution is 6.07. The quantitative estimate of drug-likeness (QED) is 0.942. The maximum atomic E-state index is 12.3. The van der Waals surface area contributed by atoms with Crippen LogP contribution in [0, 0.1) is 0 Å². The Kier molecular flexibility index (Phi) is 4.05. The number of anilines is 1. The Balaban J connectivity index is 1.82. The summed E-state index contributed by atoms with van der Waals surface area (Å²) in [6.45, 7) is 2.70. The highest BCUT2D eigenvalue weighted by Crippen LogP contribution is 2.35. The van der Waals surface area contributed by atoms with Crippen molar-refractivity contribution >= 4 is 17.7 Å². The summed E-state index contributed by atoms with van der Waals surface area (Å²) in [4.78, 5) is 16.2. The average molecular weight is 296 g/mol. The number of aromatic nitrogens is 1. The van der Waals surface area contributed by atoms with Gasteiger partial charge < -0.3 is 14.8 Å². The van der Waals surface area contributed by atoms with E-state index in [0.717, 1.165) is 5.56 Å². The van der Waals surface area contributed by atoms with Gasteiger partial charge >= 0.3 is 0 Å². The van der Waals surface area contributed by atoms with Crippen molar-refractivity contribution < 1.29 is 14.3 Å². The maximum absolute atomic E-state index is 12.3. The van der Waals surface area contributed by atoms with Crippen LogP contribution in [0.1, 0.15) is 12.5 Å². The normalized spacial score (nSPS) is 12.7. The van der Waals surface area contributed by atoms with E-state index in [4.69, 9.17) is 9.47 Å². The van der Waals surface area contributed by atoms with Crippen LogP contribution in [0.15, 0.2) is 48.3 Å². The number of fused-ring (bicyclic) bond motifs is 1. The van der Waals surface area contributed by atoms with Crippen molar-refractivity contribution in [3.8, 4) is 11.5 Å². The van der Waals surface area contributed by atoms with E-state index in [-0.39, 0.29) is 12.5 Å². The molecule has 1 aliphatic rings. The van der Waals surface area contributed by atoms with Gasteiger partial charge in [0.15, 0.2) is 11.5 Å². The van der Waals surface area contributed by atoms with Crippen molar-refractivity contribution in [1.29, 1.82) is 0 Å². The van der Waals surface area contributed by atoms with E-state index in [1.54, 1.807) is 24.5 Å². The fourth-order valence-corrected chi connectivity index (χ4v) is 2.23. The molecule has 5 heteroatoms. The summed E-state index contributed by atoms with van der Waals surface area (Å²) in [6, 6.07) is 9.19. The first kappa shape index (κ1) is 14.1. The summed E-state index contributed by atoms with van der Waals surface area (Å²) < 4.78 is 11.2. The van der Waals surface area contributed by atoms with Crippen LogP contribution in [0.5, 0.6) is 11.5 Å². The van der Waals surface area contributed by atoms with E-state index in [2.05, 4.69) is 10.3 Å². The molecule has 0 aliphatic carbocycles. The molecule has 0 saturated carbocycles. The van der Waals surface area contributed by atoms with Gasteiger partial charge in [-0.25, -0.2) is 0 Å². The summed E-state index contributed by atoms with van der Waals surface area (Å²) in [6.07, 6.45) is 5.08. The molecule has 22 heavy (non-hydrogen) atoms. The second kappa shape index (κ2) is 6.30. The predicted molar refractivity (Wildman–Crippen MR) is 83.9 cm³/mol. The second-order valence-corrected chi connectivity index (χ2v) is 4.76. The van der Waals surface area contributed by atoms with Crippen molar-refractivity contribution in [2.75, 3.05) is 18.5 Å². The van der Waals surface area contributed by atoms with Crippen LogP contribution in [-0.4, -0.2) is 24.1 Å². The minimum atomic E-state index is -0.194. The van der Waals surface area contributed by atoms with E-state index in [1.807, 2.05) is 31.2 Å². The molecule has 112 valence electrons. The molecule has 0 spiro atoms. The summed E-state index contributed by atoms with van der Waals surface area (Å²) in [5, 5.41) is 2.80. The number of rotatable bonds is 4. The van der Waals surface area contributed by atoms with Gasteiger partial charge in [0.25, 0.3) is 5.91 Å². The summed E-state index contributed by atoms with van der Waals surface area (Å²) in [5.74, 6) is 1.19. The monoisotopic (exact) mass is 296 g/mol. The Morgan fingerprint density at radius 1 is 1.36 bits per heavy atom. The molecular formula is C17H16N2O3. The lowest BCUT2D eigenvalue weighted by Gasteiger charge is -2.20. The predicted octanol–water partition coefficient (Wildman–Crippen LogP) is 2.89. The molecule has 2 heterocycles. The highest BCUT2D eigenvalue weighted by atomic mass is 16.5. The molecule has 1 amide bonds. The zero-order valence-corrected chi connectivity index (χ0v) is 12.2. The zero-order chi connectivity index (χ0) is 15.4. The Morgan fingerprint density at radius 3 is 3.05 bits per heavy atom. The van der Waals surface area contributed by atoms with Gasteiger partial charge in [0.2, 0.25) is 0 Å². The largest absolute Gasteiger partial charge is 0.490 e. The summed E-state index contributed by atoms with van der Waals surface area (Å²) in [7, 11) is 0. The molecule has 2 aromatic rings. The number of hydrogen-bond donors (Lipinski definition) is 1. The van der Waals surface area contributed by atoms with Gasteiger partial charge in [0.1, 0.15) is 6.61 Å². The molecule has 0 saturated heterocycles. The van der Waals surface area contributed by atoms with Crippen LogP contribution < -0.4 is 14.8 Å². The molecule has 0 radical (unpaired) electrons. The molecule has 1 aliphatic heterocycles. The molecule has 0 atom stereocenters. The van der Waals surface area contributed by atoms with Gasteiger partial charge in [-0.1, -0.05) is 12.1 Å². The Hall–Kier alpha value is -2.82. The molecule has 1 N–H and O–H groups in total. The van der Waals surface area contributed by atoms with Crippen LogP contribution in [0.3, 0.4) is 0 Å². The number of amides is 1. The Labute approximate surface area is 128 Å². The fourth-order valence-electron chi connectivity index (χ4n) is 2.23. The SMILES string of the molecule is CCOc1cccc2c1OCC(C(=O)Nc1cccnc1)=C2. The minimum absolute atomic E-state index is 0.194. The molecule has 0 fully saturated rings. The lowest BCUT2D eigenvalue weighted by atomic mass is 10.1. The van der Waals surface area contributed by atoms with Crippen LogP contribution in [0.4, 0.5) is 5.69 Å². The first-order chi connectivity index (χ1) is 10.8.